The van der Waals surface area contributed by atoms with Gasteiger partial charge in [-0.1, -0.05) is 84.9 Å². The first-order chi connectivity index (χ1) is 16.8. The lowest BCUT2D eigenvalue weighted by Crippen LogP contribution is -2.57. The van der Waals surface area contributed by atoms with Gasteiger partial charge in [-0.15, -0.1) is 0 Å². The van der Waals surface area contributed by atoms with Crippen LogP contribution in [0.4, 0.5) is 0 Å². The van der Waals surface area contributed by atoms with E-state index >= 15 is 0 Å². The summed E-state index contributed by atoms with van der Waals surface area (Å²) < 4.78 is 5.59. The van der Waals surface area contributed by atoms with Crippen molar-refractivity contribution in [3.63, 3.8) is 0 Å². The minimum atomic E-state index is -0.0554. The van der Waals surface area contributed by atoms with Crippen molar-refractivity contribution in [3.05, 3.63) is 114 Å². The molecule has 4 aromatic rings. The maximum atomic E-state index is 13.7. The monoisotopic (exact) mass is 451 g/mol. The summed E-state index contributed by atoms with van der Waals surface area (Å²) in [5, 5.41) is 1.91. The van der Waals surface area contributed by atoms with Gasteiger partial charge < -0.3 is 9.64 Å². The Hall–Kier alpha value is -3.54. The second kappa shape index (κ2) is 10.2. The van der Waals surface area contributed by atoms with E-state index in [1.165, 1.54) is 11.1 Å². The Morgan fingerprint density at radius 2 is 1.56 bits per heavy atom. The Bertz CT molecular complexity index is 1200. The van der Waals surface area contributed by atoms with E-state index in [1.807, 2.05) is 41.3 Å². The first-order valence-electron chi connectivity index (χ1n) is 11.7. The number of fused-ring (bicyclic) bond motifs is 1. The molecule has 34 heavy (non-hydrogen) atoms. The van der Waals surface area contributed by atoms with Gasteiger partial charge in [-0.25, -0.2) is 0 Å². The van der Waals surface area contributed by atoms with Crippen molar-refractivity contribution >= 4 is 16.7 Å². The van der Waals surface area contributed by atoms with Crippen LogP contribution in [0.25, 0.3) is 10.8 Å². The molecule has 1 aliphatic rings. The predicted octanol–water partition coefficient (Wildman–Crippen LogP) is 4.80. The van der Waals surface area contributed by atoms with Crippen LogP contribution in [0, 0.1) is 0 Å². The molecule has 1 atom stereocenters. The second-order valence-corrected chi connectivity index (χ2v) is 8.73. The number of ether oxygens (including phenoxy) is 1. The molecular weight excluding hydrogens is 422 g/mol. The maximum Gasteiger partial charge on any atom is 0.256 e. The van der Waals surface area contributed by atoms with Crippen molar-refractivity contribution < 1.29 is 9.53 Å². The number of rotatable bonds is 6. The van der Waals surface area contributed by atoms with E-state index in [2.05, 4.69) is 58.4 Å². The van der Waals surface area contributed by atoms with Crippen molar-refractivity contribution in [1.82, 2.24) is 14.8 Å². The molecule has 0 saturated carbocycles. The molecule has 1 aliphatic heterocycles. The number of carbonyl (C=O) groups is 1. The third kappa shape index (κ3) is 4.45. The van der Waals surface area contributed by atoms with Crippen LogP contribution in [0.2, 0.25) is 0 Å². The largest absolute Gasteiger partial charge is 0.382 e. The Morgan fingerprint density at radius 3 is 2.24 bits per heavy atom. The highest BCUT2D eigenvalue weighted by Gasteiger charge is 2.35. The fourth-order valence-electron chi connectivity index (χ4n) is 5.04. The van der Waals surface area contributed by atoms with Gasteiger partial charge in [-0.2, -0.15) is 0 Å². The molecule has 1 saturated heterocycles. The van der Waals surface area contributed by atoms with Gasteiger partial charge in [-0.05, 0) is 16.5 Å². The van der Waals surface area contributed by atoms with Crippen molar-refractivity contribution in [2.45, 2.75) is 12.1 Å². The van der Waals surface area contributed by atoms with Gasteiger partial charge in [0.25, 0.3) is 5.91 Å². The summed E-state index contributed by atoms with van der Waals surface area (Å²) >= 11 is 0. The molecule has 2 heterocycles. The quantitative estimate of drug-likeness (QED) is 0.423. The van der Waals surface area contributed by atoms with Gasteiger partial charge in [-0.3, -0.25) is 14.7 Å². The van der Waals surface area contributed by atoms with Crippen LogP contribution in [0.1, 0.15) is 27.5 Å². The van der Waals surface area contributed by atoms with Crippen molar-refractivity contribution in [2.24, 2.45) is 0 Å². The summed E-state index contributed by atoms with van der Waals surface area (Å²) in [4.78, 5) is 22.5. The van der Waals surface area contributed by atoms with Gasteiger partial charge in [0, 0.05) is 44.5 Å². The van der Waals surface area contributed by atoms with Gasteiger partial charge >= 0.3 is 0 Å². The van der Waals surface area contributed by atoms with Crippen molar-refractivity contribution in [1.29, 1.82) is 0 Å². The number of benzene rings is 3. The molecule has 5 heteroatoms. The number of amides is 1. The van der Waals surface area contributed by atoms with Crippen molar-refractivity contribution in [2.75, 3.05) is 33.4 Å². The SMILES string of the molecule is COCC1CN(C(c2ccccc2)c2ccccc2)CCN1C(=O)c1cncc2ccccc12. The summed E-state index contributed by atoms with van der Waals surface area (Å²) in [7, 11) is 1.70. The summed E-state index contributed by atoms with van der Waals surface area (Å²) in [6.07, 6.45) is 3.50. The number of aromatic nitrogens is 1. The van der Waals surface area contributed by atoms with Crippen molar-refractivity contribution in [3.8, 4) is 0 Å². The van der Waals surface area contributed by atoms with E-state index in [0.717, 1.165) is 23.9 Å². The number of hydrogen-bond donors (Lipinski definition) is 0. The number of methoxy groups -OCH3 is 1. The molecule has 0 radical (unpaired) electrons. The molecular formula is C29H29N3O2. The van der Waals surface area contributed by atoms with E-state index < -0.39 is 0 Å². The first-order valence-corrected chi connectivity index (χ1v) is 11.7. The maximum absolute atomic E-state index is 13.7. The number of nitrogens with zero attached hydrogens (tertiary/aromatic N) is 3. The smallest absolute Gasteiger partial charge is 0.256 e. The van der Waals surface area contributed by atoms with Crippen LogP contribution >= 0.6 is 0 Å². The molecule has 1 aromatic heterocycles. The molecule has 1 fully saturated rings. The number of pyridine rings is 1. The molecule has 172 valence electrons. The molecule has 5 rings (SSSR count). The summed E-state index contributed by atoms with van der Waals surface area (Å²) in [5.41, 5.74) is 3.15. The fourth-order valence-corrected chi connectivity index (χ4v) is 5.04. The third-order valence-corrected chi connectivity index (χ3v) is 6.63. The average Bonchev–Trinajstić information content (AvgIpc) is 2.90. The molecule has 0 aliphatic carbocycles. The molecule has 0 spiro atoms. The van der Waals surface area contributed by atoms with E-state index in [9.17, 15) is 4.79 Å². The highest BCUT2D eigenvalue weighted by atomic mass is 16.5. The molecule has 1 amide bonds. The zero-order chi connectivity index (χ0) is 23.3. The molecule has 5 nitrogen and oxygen atoms in total. The zero-order valence-corrected chi connectivity index (χ0v) is 19.4. The summed E-state index contributed by atoms with van der Waals surface area (Å²) in [6, 6.07) is 29.2. The number of hydrogen-bond acceptors (Lipinski definition) is 4. The first kappa shape index (κ1) is 22.3. The third-order valence-electron chi connectivity index (χ3n) is 6.63. The standard InChI is InChI=1S/C29H29N3O2/c1-34-21-25-20-31(28(22-10-4-2-5-11-22)23-12-6-3-7-13-23)16-17-32(25)29(33)27-19-30-18-24-14-8-9-15-26(24)27/h2-15,18-19,25,28H,16-17,20-21H2,1H3. The molecule has 0 N–H and O–H groups in total. The number of piperazine rings is 1. The van der Waals surface area contributed by atoms with Crippen LogP contribution in [0.15, 0.2) is 97.3 Å². The average molecular weight is 452 g/mol. The van der Waals surface area contributed by atoms with Crippen LogP contribution in [-0.2, 0) is 4.74 Å². The normalized spacial score (nSPS) is 16.8. The Balaban J connectivity index is 1.45. The zero-order valence-electron chi connectivity index (χ0n) is 19.4. The summed E-state index contributed by atoms with van der Waals surface area (Å²) in [5.74, 6) is 0.0157. The van der Waals surface area contributed by atoms with Gasteiger partial charge in [0.15, 0.2) is 0 Å². The minimum absolute atomic E-state index is 0.0157. The highest BCUT2D eigenvalue weighted by Crippen LogP contribution is 2.31. The lowest BCUT2D eigenvalue weighted by molar-refractivity contribution is 0.0145. The number of carbonyl (C=O) groups excluding carboxylic acids is 1. The molecule has 3 aromatic carbocycles. The van der Waals surface area contributed by atoms with Crippen LogP contribution in [0.3, 0.4) is 0 Å². The van der Waals surface area contributed by atoms with E-state index in [1.54, 1.807) is 19.5 Å². The lowest BCUT2D eigenvalue weighted by Gasteiger charge is -2.44. The topological polar surface area (TPSA) is 45.7 Å². The molecule has 1 unspecified atom stereocenters. The lowest BCUT2D eigenvalue weighted by atomic mass is 9.95. The Labute approximate surface area is 200 Å². The van der Waals surface area contributed by atoms with Crippen LogP contribution < -0.4 is 0 Å². The van der Waals surface area contributed by atoms with Gasteiger partial charge in [0.2, 0.25) is 0 Å². The van der Waals surface area contributed by atoms with Gasteiger partial charge in [0.1, 0.15) is 0 Å². The second-order valence-electron chi connectivity index (χ2n) is 8.73. The van der Waals surface area contributed by atoms with E-state index in [0.29, 0.717) is 18.7 Å². The fraction of sp³-hybridized carbons (Fsp3) is 0.241. The summed E-state index contributed by atoms with van der Waals surface area (Å²) in [6.45, 7) is 2.62. The van der Waals surface area contributed by atoms with E-state index in [-0.39, 0.29) is 18.0 Å². The molecule has 0 bridgehead atoms. The Morgan fingerprint density at radius 1 is 0.912 bits per heavy atom. The Kier molecular flexibility index (Phi) is 6.65. The van der Waals surface area contributed by atoms with E-state index in [4.69, 9.17) is 4.74 Å². The minimum Gasteiger partial charge on any atom is -0.382 e. The predicted molar refractivity (Wildman–Crippen MR) is 135 cm³/mol. The van der Waals surface area contributed by atoms with Gasteiger partial charge in [0.05, 0.1) is 24.3 Å². The van der Waals surface area contributed by atoms with Crippen LogP contribution in [0.5, 0.6) is 0 Å². The highest BCUT2D eigenvalue weighted by molar-refractivity contribution is 6.06. The van der Waals surface area contributed by atoms with Crippen LogP contribution in [-0.4, -0.2) is 60.1 Å².